The van der Waals surface area contributed by atoms with Crippen LogP contribution in [0.3, 0.4) is 0 Å². The Hall–Kier alpha value is -1.95. The molecule has 1 saturated heterocycles. The van der Waals surface area contributed by atoms with Gasteiger partial charge in [0.05, 0.1) is 12.9 Å². The van der Waals surface area contributed by atoms with Crippen LogP contribution in [0.5, 0.6) is 0 Å². The van der Waals surface area contributed by atoms with Gasteiger partial charge in [0.1, 0.15) is 12.2 Å². The van der Waals surface area contributed by atoms with Crippen molar-refractivity contribution in [3.05, 3.63) is 16.7 Å². The van der Waals surface area contributed by atoms with Crippen molar-refractivity contribution in [2.45, 2.75) is 57.1 Å². The molecule has 29 heavy (non-hydrogen) atoms. The number of aliphatic hydroxyl groups is 1. The lowest BCUT2D eigenvalue weighted by molar-refractivity contribution is -0.0705. The molecule has 1 fully saturated rings. The van der Waals surface area contributed by atoms with E-state index < -0.39 is 45.0 Å². The van der Waals surface area contributed by atoms with Crippen LogP contribution in [0.2, 0.25) is 0 Å². The van der Waals surface area contributed by atoms with Crippen LogP contribution in [0.25, 0.3) is 11.2 Å². The van der Waals surface area contributed by atoms with Gasteiger partial charge in [-0.25, -0.2) is 4.98 Å². The number of aromatic nitrogens is 4. The quantitative estimate of drug-likeness (QED) is 0.308. The first-order valence-corrected chi connectivity index (χ1v) is 10.5. The summed E-state index contributed by atoms with van der Waals surface area (Å²) < 4.78 is 29.6. The van der Waals surface area contributed by atoms with Gasteiger partial charge in [0, 0.05) is 11.2 Å². The molecule has 0 radical (unpaired) electrons. The van der Waals surface area contributed by atoms with Crippen molar-refractivity contribution in [1.29, 1.82) is 0 Å². The Bertz CT molecular complexity index is 903. The molecule has 1 aliphatic rings. The van der Waals surface area contributed by atoms with Crippen molar-refractivity contribution in [3.63, 3.8) is 0 Å². The number of H-pyrrole nitrogens is 1. The van der Waals surface area contributed by atoms with Gasteiger partial charge in [-0.3, -0.25) is 14.3 Å². The minimum Gasteiger partial charge on any atom is -0.394 e. The third-order valence-corrected chi connectivity index (χ3v) is 5.13. The van der Waals surface area contributed by atoms with Gasteiger partial charge in [0.25, 0.3) is 5.56 Å². The zero-order valence-electron chi connectivity index (χ0n) is 15.9. The summed E-state index contributed by atoms with van der Waals surface area (Å²) in [6.07, 6.45) is 1.60. The monoisotopic (exact) mass is 430 g/mol. The van der Waals surface area contributed by atoms with Crippen LogP contribution in [0.1, 0.15) is 38.8 Å². The lowest BCUT2D eigenvalue weighted by Crippen LogP contribution is -2.37. The fourth-order valence-electron chi connectivity index (χ4n) is 3.37. The molecule has 0 bridgehead atoms. The number of ether oxygens (including phenoxy) is 2. The van der Waals surface area contributed by atoms with Crippen LogP contribution in [0.4, 0.5) is 5.95 Å². The largest absolute Gasteiger partial charge is 0.695 e. The maximum Gasteiger partial charge on any atom is 0.695 e. The fraction of sp³-hybridized carbons (Fsp3) is 0.688. The number of nitrogens with one attached hydrogen (secondary N) is 1. The molecular formula is C16H25N5O7P+. The van der Waals surface area contributed by atoms with E-state index in [0.29, 0.717) is 6.61 Å². The second-order valence-corrected chi connectivity index (χ2v) is 7.41. The molecule has 2 aromatic rings. The zero-order chi connectivity index (χ0) is 21.0. The molecule has 2 aromatic heterocycles. The number of nitrogens with two attached hydrogens (primary N) is 1. The Balaban J connectivity index is 1.91. The number of aromatic amines is 1. The van der Waals surface area contributed by atoms with E-state index in [4.69, 9.17) is 19.7 Å². The molecule has 3 heterocycles. The van der Waals surface area contributed by atoms with Crippen LogP contribution in [0, 0.1) is 0 Å². The molecule has 5 atom stereocenters. The smallest absolute Gasteiger partial charge is 0.394 e. The molecule has 5 N–H and O–H groups in total. The van der Waals surface area contributed by atoms with Gasteiger partial charge in [-0.2, -0.15) is 4.98 Å². The Kier molecular flexibility index (Phi) is 7.28. The molecule has 0 amide bonds. The van der Waals surface area contributed by atoms with E-state index in [1.165, 1.54) is 10.9 Å². The van der Waals surface area contributed by atoms with Crippen molar-refractivity contribution in [1.82, 2.24) is 19.5 Å². The highest BCUT2D eigenvalue weighted by Crippen LogP contribution is 2.38. The van der Waals surface area contributed by atoms with Crippen molar-refractivity contribution < 1.29 is 28.6 Å². The van der Waals surface area contributed by atoms with E-state index in [-0.39, 0.29) is 17.1 Å². The van der Waals surface area contributed by atoms with Crippen molar-refractivity contribution in [2.24, 2.45) is 0 Å². The Morgan fingerprint density at radius 2 is 2.17 bits per heavy atom. The molecular weight excluding hydrogens is 405 g/mol. The van der Waals surface area contributed by atoms with E-state index >= 15 is 0 Å². The third-order valence-electron chi connectivity index (χ3n) is 4.71. The first kappa shape index (κ1) is 21.8. The van der Waals surface area contributed by atoms with E-state index in [0.717, 1.165) is 25.7 Å². The molecule has 0 aromatic carbocycles. The first-order chi connectivity index (χ1) is 14.0. The predicted molar refractivity (Wildman–Crippen MR) is 102 cm³/mol. The van der Waals surface area contributed by atoms with Crippen LogP contribution in [0.15, 0.2) is 11.1 Å². The molecule has 12 nitrogen and oxygen atoms in total. The summed E-state index contributed by atoms with van der Waals surface area (Å²) in [6, 6.07) is 0. The topological polar surface area (TPSA) is 175 Å². The molecule has 0 aliphatic carbocycles. The van der Waals surface area contributed by atoms with Crippen LogP contribution >= 0.6 is 8.25 Å². The SMILES string of the molecule is CCCCCCOC1C(O[P+](=O)O)C(CO)OC1n1cnc2c(=O)[nH]c(N)nc21. The predicted octanol–water partition coefficient (Wildman–Crippen LogP) is 0.592. The Labute approximate surface area is 167 Å². The average molecular weight is 430 g/mol. The number of fused-ring (bicyclic) bond motifs is 1. The molecule has 1 aliphatic heterocycles. The summed E-state index contributed by atoms with van der Waals surface area (Å²) in [7, 11) is -2.95. The van der Waals surface area contributed by atoms with Gasteiger partial charge in [-0.05, 0) is 6.42 Å². The number of hydrogen-bond acceptors (Lipinski definition) is 9. The van der Waals surface area contributed by atoms with Crippen molar-refractivity contribution in [2.75, 3.05) is 18.9 Å². The number of unbranched alkanes of at least 4 members (excludes halogenated alkanes) is 3. The van der Waals surface area contributed by atoms with Crippen molar-refractivity contribution >= 4 is 25.4 Å². The summed E-state index contributed by atoms with van der Waals surface area (Å²) >= 11 is 0. The van der Waals surface area contributed by atoms with Crippen LogP contribution in [-0.2, 0) is 18.6 Å². The highest BCUT2D eigenvalue weighted by Gasteiger charge is 2.51. The molecule has 3 rings (SSSR count). The summed E-state index contributed by atoms with van der Waals surface area (Å²) in [6.45, 7) is 2.01. The lowest BCUT2D eigenvalue weighted by Gasteiger charge is -2.22. The molecule has 160 valence electrons. The maximum atomic E-state index is 12.1. The van der Waals surface area contributed by atoms with E-state index in [9.17, 15) is 19.4 Å². The van der Waals surface area contributed by atoms with E-state index in [1.807, 2.05) is 0 Å². The first-order valence-electron chi connectivity index (χ1n) is 9.39. The van der Waals surface area contributed by atoms with Gasteiger partial charge in [-0.1, -0.05) is 26.2 Å². The summed E-state index contributed by atoms with van der Waals surface area (Å²) in [5, 5.41) is 9.67. The second kappa shape index (κ2) is 9.70. The summed E-state index contributed by atoms with van der Waals surface area (Å²) in [5.74, 6) is -0.0933. The number of aliphatic hydroxyl groups excluding tert-OH is 1. The van der Waals surface area contributed by atoms with Gasteiger partial charge in [0.15, 0.2) is 23.5 Å². The number of anilines is 1. The zero-order valence-corrected chi connectivity index (χ0v) is 16.8. The molecule has 0 spiro atoms. The number of imidazole rings is 1. The minimum absolute atomic E-state index is 0.0580. The standard InChI is InChI=1S/C16H24N5O7P/c1-2-3-4-5-6-26-12-11(28-29(24)25)9(7-22)27-15(12)21-8-18-10-13(21)19-16(17)20-14(10)23/h8-9,11-12,15,22H,2-7H2,1H3,(H3-,17,19,20,23,24,25)/p+1. The minimum atomic E-state index is -2.95. The molecule has 5 unspecified atom stereocenters. The van der Waals surface area contributed by atoms with Gasteiger partial charge < -0.3 is 20.3 Å². The molecule has 0 saturated carbocycles. The van der Waals surface area contributed by atoms with E-state index in [1.54, 1.807) is 0 Å². The number of rotatable bonds is 10. The van der Waals surface area contributed by atoms with Gasteiger partial charge >= 0.3 is 8.25 Å². The summed E-state index contributed by atoms with van der Waals surface area (Å²) in [4.78, 5) is 31.8. The summed E-state index contributed by atoms with van der Waals surface area (Å²) in [5.41, 5.74) is 5.36. The highest BCUT2D eigenvalue weighted by atomic mass is 31.1. The Morgan fingerprint density at radius 3 is 2.86 bits per heavy atom. The number of nitrogens with zero attached hydrogens (tertiary/aromatic N) is 3. The van der Waals surface area contributed by atoms with E-state index in [2.05, 4.69) is 21.9 Å². The normalized spacial score (nSPS) is 25.0. The molecule has 13 heteroatoms. The van der Waals surface area contributed by atoms with Crippen LogP contribution in [-0.4, -0.2) is 61.0 Å². The third kappa shape index (κ3) is 4.80. The van der Waals surface area contributed by atoms with Crippen LogP contribution < -0.4 is 11.3 Å². The number of hydrogen-bond donors (Lipinski definition) is 4. The Morgan fingerprint density at radius 1 is 1.38 bits per heavy atom. The average Bonchev–Trinajstić information content (AvgIpc) is 3.22. The van der Waals surface area contributed by atoms with Gasteiger partial charge in [-0.15, -0.1) is 9.42 Å². The number of nitrogen functional groups attached to an aromatic ring is 1. The lowest BCUT2D eigenvalue weighted by atomic mass is 10.1. The van der Waals surface area contributed by atoms with Crippen molar-refractivity contribution in [3.8, 4) is 0 Å². The fourth-order valence-corrected chi connectivity index (χ4v) is 3.83. The van der Waals surface area contributed by atoms with Gasteiger partial charge in [0.2, 0.25) is 5.95 Å². The second-order valence-electron chi connectivity index (χ2n) is 6.73. The highest BCUT2D eigenvalue weighted by molar-refractivity contribution is 7.32. The maximum absolute atomic E-state index is 12.1.